The van der Waals surface area contributed by atoms with Crippen LogP contribution in [-0.2, 0) is 0 Å². The number of hydrogen-bond donors (Lipinski definition) is 3. The molecule has 0 unspecified atom stereocenters. The van der Waals surface area contributed by atoms with Crippen LogP contribution in [-0.4, -0.2) is 53.5 Å². The molecule has 0 radical (unpaired) electrons. The zero-order valence-corrected chi connectivity index (χ0v) is 11.6. The first-order valence-electron chi connectivity index (χ1n) is 6.02. The highest BCUT2D eigenvalue weighted by Crippen LogP contribution is 2.17. The second-order valence-electron chi connectivity index (χ2n) is 4.27. The maximum Gasteiger partial charge on any atom is 0.241 e. The van der Waals surface area contributed by atoms with Crippen LogP contribution in [0.15, 0.2) is 18.7 Å². The standard InChI is InChI=1S/C11H15ClN6O2/c1-2-11(5-19,6-20)17-9-14-8(12)15-10(16-9)18-4-3-13-7-18/h3-4,7,19-20H,2,5-6H2,1H3,(H,14,15,16,17). The topological polar surface area (TPSA) is 109 Å². The van der Waals surface area contributed by atoms with Crippen molar-refractivity contribution >= 4 is 17.5 Å². The van der Waals surface area contributed by atoms with Crippen molar-refractivity contribution < 1.29 is 10.2 Å². The predicted molar refractivity (Wildman–Crippen MR) is 72.8 cm³/mol. The molecule has 20 heavy (non-hydrogen) atoms. The highest BCUT2D eigenvalue weighted by molar-refractivity contribution is 6.28. The minimum Gasteiger partial charge on any atom is -0.394 e. The number of halogens is 1. The Morgan fingerprint density at radius 3 is 2.60 bits per heavy atom. The molecule has 0 saturated carbocycles. The van der Waals surface area contributed by atoms with Crippen LogP contribution < -0.4 is 5.32 Å². The second kappa shape index (κ2) is 6.12. The molecule has 0 aromatic carbocycles. The quantitative estimate of drug-likeness (QED) is 0.701. The van der Waals surface area contributed by atoms with E-state index in [0.29, 0.717) is 12.4 Å². The molecule has 8 nitrogen and oxygen atoms in total. The third-order valence-electron chi connectivity index (χ3n) is 2.99. The Bertz CT molecular complexity index is 550. The van der Waals surface area contributed by atoms with Crippen LogP contribution >= 0.6 is 11.6 Å². The number of rotatable bonds is 6. The molecule has 2 aromatic heterocycles. The van der Waals surface area contributed by atoms with Gasteiger partial charge in [0.25, 0.3) is 0 Å². The summed E-state index contributed by atoms with van der Waals surface area (Å²) >= 11 is 5.86. The fraction of sp³-hybridized carbons (Fsp3) is 0.455. The van der Waals surface area contributed by atoms with Crippen LogP contribution in [0.5, 0.6) is 0 Å². The first kappa shape index (κ1) is 14.6. The summed E-state index contributed by atoms with van der Waals surface area (Å²) < 4.78 is 1.57. The monoisotopic (exact) mass is 298 g/mol. The summed E-state index contributed by atoms with van der Waals surface area (Å²) in [4.78, 5) is 16.0. The lowest BCUT2D eigenvalue weighted by Gasteiger charge is -2.29. The molecule has 0 aliphatic rings. The molecule has 9 heteroatoms. The summed E-state index contributed by atoms with van der Waals surface area (Å²) in [5, 5.41) is 21.7. The van der Waals surface area contributed by atoms with Crippen molar-refractivity contribution in [2.45, 2.75) is 18.9 Å². The largest absolute Gasteiger partial charge is 0.394 e. The van der Waals surface area contributed by atoms with Crippen molar-refractivity contribution in [2.24, 2.45) is 0 Å². The zero-order chi connectivity index (χ0) is 14.6. The Hall–Kier alpha value is -1.77. The third kappa shape index (κ3) is 3.03. The molecule has 0 aliphatic heterocycles. The van der Waals surface area contributed by atoms with Crippen molar-refractivity contribution in [1.82, 2.24) is 24.5 Å². The Labute approximate surface area is 120 Å². The minimum atomic E-state index is -0.906. The van der Waals surface area contributed by atoms with Crippen molar-refractivity contribution in [3.05, 3.63) is 24.0 Å². The molecule has 0 atom stereocenters. The fourth-order valence-corrected chi connectivity index (χ4v) is 1.72. The van der Waals surface area contributed by atoms with E-state index in [2.05, 4.69) is 25.3 Å². The maximum atomic E-state index is 9.42. The molecule has 2 rings (SSSR count). The molecule has 0 saturated heterocycles. The van der Waals surface area contributed by atoms with E-state index in [1.807, 2.05) is 6.92 Å². The molecule has 0 fully saturated rings. The molecule has 3 N–H and O–H groups in total. The van der Waals surface area contributed by atoms with Crippen LogP contribution in [0.2, 0.25) is 5.28 Å². The normalized spacial score (nSPS) is 11.6. The van der Waals surface area contributed by atoms with Crippen molar-refractivity contribution in [1.29, 1.82) is 0 Å². The lowest BCUT2D eigenvalue weighted by Crippen LogP contribution is -2.45. The van der Waals surface area contributed by atoms with Crippen LogP contribution in [0, 0.1) is 0 Å². The van der Waals surface area contributed by atoms with Crippen molar-refractivity contribution in [3.63, 3.8) is 0 Å². The number of aliphatic hydroxyl groups is 2. The van der Waals surface area contributed by atoms with E-state index in [0.717, 1.165) is 0 Å². The highest BCUT2D eigenvalue weighted by atomic mass is 35.5. The van der Waals surface area contributed by atoms with Crippen molar-refractivity contribution in [2.75, 3.05) is 18.5 Å². The summed E-state index contributed by atoms with van der Waals surface area (Å²) in [6.07, 6.45) is 5.27. The van der Waals surface area contributed by atoms with E-state index >= 15 is 0 Å². The average molecular weight is 299 g/mol. The summed E-state index contributed by atoms with van der Waals surface area (Å²) in [7, 11) is 0. The van der Waals surface area contributed by atoms with Gasteiger partial charge in [-0.15, -0.1) is 0 Å². The summed E-state index contributed by atoms with van der Waals surface area (Å²) in [5.74, 6) is 0.476. The highest BCUT2D eigenvalue weighted by Gasteiger charge is 2.27. The molecule has 0 spiro atoms. The van der Waals surface area contributed by atoms with Gasteiger partial charge in [0.1, 0.15) is 6.33 Å². The average Bonchev–Trinajstić information content (AvgIpc) is 2.98. The van der Waals surface area contributed by atoms with E-state index in [4.69, 9.17) is 11.6 Å². The Morgan fingerprint density at radius 2 is 2.05 bits per heavy atom. The van der Waals surface area contributed by atoms with E-state index in [-0.39, 0.29) is 24.4 Å². The molecule has 108 valence electrons. The van der Waals surface area contributed by atoms with E-state index in [1.54, 1.807) is 17.0 Å². The Morgan fingerprint density at radius 1 is 1.30 bits per heavy atom. The van der Waals surface area contributed by atoms with Crippen molar-refractivity contribution in [3.8, 4) is 5.95 Å². The van der Waals surface area contributed by atoms with Gasteiger partial charge in [-0.1, -0.05) is 6.92 Å². The summed E-state index contributed by atoms with van der Waals surface area (Å²) in [6.45, 7) is 1.31. The molecular formula is C11H15ClN6O2. The summed E-state index contributed by atoms with van der Waals surface area (Å²) in [5.41, 5.74) is -0.906. The van der Waals surface area contributed by atoms with E-state index in [1.165, 1.54) is 6.33 Å². The van der Waals surface area contributed by atoms with Gasteiger partial charge in [0.05, 0.1) is 18.8 Å². The van der Waals surface area contributed by atoms with E-state index in [9.17, 15) is 10.2 Å². The van der Waals surface area contributed by atoms with Gasteiger partial charge in [0, 0.05) is 12.4 Å². The zero-order valence-electron chi connectivity index (χ0n) is 10.9. The Kier molecular flexibility index (Phi) is 4.48. The molecule has 2 heterocycles. The number of nitrogens with one attached hydrogen (secondary N) is 1. The second-order valence-corrected chi connectivity index (χ2v) is 4.61. The molecule has 0 aliphatic carbocycles. The maximum absolute atomic E-state index is 9.42. The third-order valence-corrected chi connectivity index (χ3v) is 3.16. The van der Waals surface area contributed by atoms with Crippen LogP contribution in [0.25, 0.3) is 5.95 Å². The van der Waals surface area contributed by atoms with Gasteiger partial charge in [-0.05, 0) is 18.0 Å². The Balaban J connectivity index is 2.33. The number of aliphatic hydroxyl groups excluding tert-OH is 2. The smallest absolute Gasteiger partial charge is 0.241 e. The lowest BCUT2D eigenvalue weighted by atomic mass is 9.99. The first-order valence-corrected chi connectivity index (χ1v) is 6.40. The van der Waals surface area contributed by atoms with Gasteiger partial charge in [0.2, 0.25) is 17.2 Å². The number of anilines is 1. The van der Waals surface area contributed by atoms with Crippen LogP contribution in [0.1, 0.15) is 13.3 Å². The van der Waals surface area contributed by atoms with Gasteiger partial charge in [-0.25, -0.2) is 4.98 Å². The van der Waals surface area contributed by atoms with Gasteiger partial charge in [-0.2, -0.15) is 15.0 Å². The summed E-state index contributed by atoms with van der Waals surface area (Å²) in [6, 6.07) is 0. The van der Waals surface area contributed by atoms with Gasteiger partial charge in [0.15, 0.2) is 0 Å². The minimum absolute atomic E-state index is 0.00656. The van der Waals surface area contributed by atoms with Crippen LogP contribution in [0.4, 0.5) is 5.95 Å². The molecule has 0 bridgehead atoms. The fourth-order valence-electron chi connectivity index (χ4n) is 1.57. The van der Waals surface area contributed by atoms with Gasteiger partial charge < -0.3 is 15.5 Å². The lowest BCUT2D eigenvalue weighted by molar-refractivity contribution is 0.132. The SMILES string of the molecule is CCC(CO)(CO)Nc1nc(Cl)nc(-n2ccnc2)n1. The predicted octanol–water partition coefficient (Wildman–Crippen LogP) is 0.256. The number of aromatic nitrogens is 5. The molecule has 0 amide bonds. The van der Waals surface area contributed by atoms with Gasteiger partial charge >= 0.3 is 0 Å². The van der Waals surface area contributed by atoms with Gasteiger partial charge in [-0.3, -0.25) is 4.57 Å². The number of hydrogen-bond acceptors (Lipinski definition) is 7. The first-order chi connectivity index (χ1) is 9.62. The van der Waals surface area contributed by atoms with E-state index < -0.39 is 5.54 Å². The number of imidazole rings is 1. The van der Waals surface area contributed by atoms with Crippen LogP contribution in [0.3, 0.4) is 0 Å². The number of nitrogens with zero attached hydrogens (tertiary/aromatic N) is 5. The molecular weight excluding hydrogens is 284 g/mol. The molecule has 2 aromatic rings.